The lowest BCUT2D eigenvalue weighted by molar-refractivity contribution is -0.506. The predicted octanol–water partition coefficient (Wildman–Crippen LogP) is 6.17. The maximum absolute atomic E-state index is 15.5. The Bertz CT molecular complexity index is 2360. The zero-order valence-electron chi connectivity index (χ0n) is 40.3. The van der Waals surface area contributed by atoms with E-state index in [-0.39, 0.29) is 103 Å². The number of amides is 3. The van der Waals surface area contributed by atoms with E-state index in [9.17, 15) is 23.2 Å². The van der Waals surface area contributed by atoms with Gasteiger partial charge < -0.3 is 43.4 Å². The van der Waals surface area contributed by atoms with Crippen molar-refractivity contribution in [3.8, 4) is 11.5 Å². The molecule has 2 heterocycles. The number of halogens is 3. The monoisotopic (exact) mass is 1050 g/mol. The summed E-state index contributed by atoms with van der Waals surface area (Å²) in [6.07, 6.45) is 1.03. The highest BCUT2D eigenvalue weighted by Crippen LogP contribution is 2.46. The number of nitrogens with zero attached hydrogens (tertiary/aromatic N) is 4. The van der Waals surface area contributed by atoms with Crippen LogP contribution in [-0.2, 0) is 55.9 Å². The van der Waals surface area contributed by atoms with E-state index >= 15 is 4.79 Å². The van der Waals surface area contributed by atoms with E-state index in [2.05, 4.69) is 15.0 Å². The van der Waals surface area contributed by atoms with Crippen molar-refractivity contribution in [2.24, 2.45) is 5.92 Å². The number of hydrogen-bond acceptors (Lipinski definition) is 19. The summed E-state index contributed by atoms with van der Waals surface area (Å²) in [6, 6.07) is 13.4. The number of rotatable bonds is 28. The molecule has 25 heteroatoms. The van der Waals surface area contributed by atoms with Gasteiger partial charge in [0.1, 0.15) is 36.4 Å². The molecule has 1 saturated carbocycles. The fraction of sp³-hybridized carbons (Fsp3) is 0.500. The number of methoxy groups -OCH3 is 1. The van der Waals surface area contributed by atoms with Gasteiger partial charge in [0, 0.05) is 30.1 Å². The number of fused-ring (bicyclic) bond motifs is 2. The molecule has 400 valence electrons. The molecule has 3 atom stereocenters. The first-order valence-corrected chi connectivity index (χ1v) is 23.8. The van der Waals surface area contributed by atoms with Crippen LogP contribution in [0.1, 0.15) is 60.8 Å². The van der Waals surface area contributed by atoms with E-state index in [0.717, 1.165) is 47.2 Å². The zero-order chi connectivity index (χ0) is 52.4. The van der Waals surface area contributed by atoms with Gasteiger partial charge in [0.05, 0.1) is 63.5 Å². The van der Waals surface area contributed by atoms with Gasteiger partial charge in [-0.15, -0.1) is 0 Å². The minimum absolute atomic E-state index is 0.0186. The fourth-order valence-electron chi connectivity index (χ4n) is 8.67. The molecule has 3 aromatic carbocycles. The van der Waals surface area contributed by atoms with E-state index in [1.165, 1.54) is 4.90 Å². The molecule has 3 aromatic rings. The molecule has 5 N–H and O–H groups in total. The van der Waals surface area contributed by atoms with Crippen molar-refractivity contribution < 1.29 is 91.6 Å². The molecular weight excluding hydrogens is 992 g/mol. The van der Waals surface area contributed by atoms with Crippen LogP contribution in [0.4, 0.5) is 18.4 Å². The van der Waals surface area contributed by atoms with E-state index in [0.29, 0.717) is 29.7 Å². The van der Waals surface area contributed by atoms with Gasteiger partial charge in [-0.1, -0.05) is 48.0 Å². The Morgan fingerprint density at radius 3 is 2.19 bits per heavy atom. The van der Waals surface area contributed by atoms with Gasteiger partial charge in [0.25, 0.3) is 5.91 Å². The summed E-state index contributed by atoms with van der Waals surface area (Å²) < 4.78 is 65.3. The van der Waals surface area contributed by atoms with Crippen molar-refractivity contribution in [3.63, 3.8) is 0 Å². The van der Waals surface area contributed by atoms with Gasteiger partial charge in [0.15, 0.2) is 18.4 Å². The van der Waals surface area contributed by atoms with Crippen LogP contribution in [0.2, 0.25) is 5.02 Å². The molecule has 2 fully saturated rings. The Morgan fingerprint density at radius 2 is 1.48 bits per heavy atom. The SMILES string of the molecule is COc1ccc(CN(C(=O)C2=C(c3ccc(CCCOc4c(F)ccc(F)c4Cl)cc3)CC3CC(C(=O)NCCOC(=O)OCCOCCON(O)O)CC2N3C(=O)OCCOCON(O)O)C2CC2)cc1C. The van der Waals surface area contributed by atoms with Gasteiger partial charge in [-0.05, 0) is 97.9 Å². The van der Waals surface area contributed by atoms with Crippen molar-refractivity contribution >= 4 is 41.2 Å². The molecule has 3 amide bonds. The first-order chi connectivity index (χ1) is 35.1. The summed E-state index contributed by atoms with van der Waals surface area (Å²) >= 11 is 5.93. The Hall–Kier alpha value is -5.77. The van der Waals surface area contributed by atoms with Crippen molar-refractivity contribution in [2.75, 3.05) is 73.3 Å². The average Bonchev–Trinajstić information content (AvgIpc) is 4.21. The number of ether oxygens (including phenoxy) is 7. The third-order valence-electron chi connectivity index (χ3n) is 12.1. The summed E-state index contributed by atoms with van der Waals surface area (Å²) in [4.78, 5) is 67.9. The average molecular weight is 1050 g/mol. The van der Waals surface area contributed by atoms with Crippen LogP contribution in [0.25, 0.3) is 5.57 Å². The van der Waals surface area contributed by atoms with Crippen LogP contribution in [0.3, 0.4) is 0 Å². The van der Waals surface area contributed by atoms with Gasteiger partial charge in [0.2, 0.25) is 5.91 Å². The minimum Gasteiger partial charge on any atom is -0.496 e. The predicted molar refractivity (Wildman–Crippen MR) is 248 cm³/mol. The van der Waals surface area contributed by atoms with Crippen molar-refractivity contribution in [1.29, 1.82) is 0 Å². The molecule has 0 spiro atoms. The Labute approximate surface area is 424 Å². The number of piperidine rings is 1. The molecule has 73 heavy (non-hydrogen) atoms. The molecule has 22 nitrogen and oxygen atoms in total. The first-order valence-electron chi connectivity index (χ1n) is 23.5. The molecular formula is C48H60ClF2N5O17. The van der Waals surface area contributed by atoms with Gasteiger partial charge in [-0.3, -0.25) is 35.3 Å². The highest BCUT2D eigenvalue weighted by atomic mass is 35.5. The lowest BCUT2D eigenvalue weighted by Gasteiger charge is -2.49. The number of carbonyl (C=O) groups is 4. The molecule has 2 bridgehead atoms. The quantitative estimate of drug-likeness (QED) is 0.0179. The molecule has 2 aliphatic heterocycles. The standard InChI is InChI=1S/C48H60ClF2N5O17/c1-30-24-32(7-14-41(30)65-2)28-53(35-10-11-35)46(58)42-37(33-8-5-31(6-9-33)4-3-16-68-44-39(51)13-12-38(50)43(44)49)27-36-25-34(26-40(42)54(36)47(59)69-21-19-67-29-73-56(63)64)45(57)52-15-17-70-48(60)71-22-18-66-20-23-72-55(61)62/h5-9,12-14,24,34-36,40,61-64H,3-4,10-11,15-23,25-29H2,1-2H3,(H,52,57). The fourth-order valence-corrected chi connectivity index (χ4v) is 8.88. The van der Waals surface area contributed by atoms with Crippen molar-refractivity contribution in [2.45, 2.75) is 76.5 Å². The van der Waals surface area contributed by atoms with E-state index in [1.54, 1.807) is 7.11 Å². The van der Waals surface area contributed by atoms with Crippen molar-refractivity contribution in [1.82, 2.24) is 25.9 Å². The van der Waals surface area contributed by atoms with E-state index in [4.69, 9.17) is 65.6 Å². The number of hydrogen-bond donors (Lipinski definition) is 5. The first kappa shape index (κ1) is 56.5. The molecule has 0 radical (unpaired) electrons. The maximum atomic E-state index is 15.5. The normalized spacial score (nSPS) is 17.4. The summed E-state index contributed by atoms with van der Waals surface area (Å²) in [5.41, 5.74) is 4.37. The van der Waals surface area contributed by atoms with Gasteiger partial charge in [-0.25, -0.2) is 28.0 Å². The van der Waals surface area contributed by atoms with E-state index < -0.39 is 70.4 Å². The highest BCUT2D eigenvalue weighted by Gasteiger charge is 2.50. The third kappa shape index (κ3) is 16.6. The summed E-state index contributed by atoms with van der Waals surface area (Å²) in [7, 11) is 1.58. The largest absolute Gasteiger partial charge is 0.508 e. The molecule has 3 unspecified atom stereocenters. The second-order valence-electron chi connectivity index (χ2n) is 17.1. The molecule has 3 aliphatic rings. The van der Waals surface area contributed by atoms with Crippen LogP contribution in [0, 0.1) is 24.5 Å². The van der Waals surface area contributed by atoms with Crippen LogP contribution in [0.5, 0.6) is 11.5 Å². The smallest absolute Gasteiger partial charge is 0.496 e. The zero-order valence-corrected chi connectivity index (χ0v) is 41.0. The van der Waals surface area contributed by atoms with E-state index in [1.807, 2.05) is 54.3 Å². The van der Waals surface area contributed by atoms with Crippen LogP contribution >= 0.6 is 11.6 Å². The molecule has 0 aromatic heterocycles. The summed E-state index contributed by atoms with van der Waals surface area (Å²) in [5.74, 6) is -2.67. The van der Waals surface area contributed by atoms with Crippen LogP contribution in [-0.4, -0.2) is 157 Å². The molecule has 1 aliphatic carbocycles. The Kier molecular flexibility index (Phi) is 21.7. The topological polar surface area (TPSA) is 257 Å². The Morgan fingerprint density at radius 1 is 0.795 bits per heavy atom. The third-order valence-corrected chi connectivity index (χ3v) is 12.5. The minimum atomic E-state index is -1.01. The van der Waals surface area contributed by atoms with Gasteiger partial charge in [-0.2, -0.15) is 0 Å². The summed E-state index contributed by atoms with van der Waals surface area (Å²) in [5, 5.41) is 36.1. The number of carbonyl (C=O) groups excluding carboxylic acids is 4. The number of nitrogens with one attached hydrogen (secondary N) is 1. The second-order valence-corrected chi connectivity index (χ2v) is 17.5. The van der Waals surface area contributed by atoms with Crippen LogP contribution in [0.15, 0.2) is 60.2 Å². The maximum Gasteiger partial charge on any atom is 0.508 e. The van der Waals surface area contributed by atoms with Crippen LogP contribution < -0.4 is 14.8 Å². The number of aryl methyl sites for hydroxylation is 2. The van der Waals surface area contributed by atoms with Gasteiger partial charge >= 0.3 is 12.2 Å². The lowest BCUT2D eigenvalue weighted by atomic mass is 9.73. The lowest BCUT2D eigenvalue weighted by Crippen LogP contribution is -2.59. The molecule has 6 rings (SSSR count). The second kappa shape index (κ2) is 28.1. The highest BCUT2D eigenvalue weighted by molar-refractivity contribution is 6.32. The molecule has 1 saturated heterocycles. The Balaban J connectivity index is 1.23. The number of benzene rings is 3. The van der Waals surface area contributed by atoms with Crippen molar-refractivity contribution in [3.05, 3.63) is 99.1 Å². The summed E-state index contributed by atoms with van der Waals surface area (Å²) in [6.45, 7) is 0.512.